The number of aryl methyl sites for hydroxylation is 1. The van der Waals surface area contributed by atoms with Crippen molar-refractivity contribution in [2.75, 3.05) is 5.75 Å². The molecule has 4 heteroatoms. The van der Waals surface area contributed by atoms with Crippen LogP contribution in [0.4, 0.5) is 0 Å². The summed E-state index contributed by atoms with van der Waals surface area (Å²) in [5.41, 5.74) is 2.47. The number of carbonyl (C=O) groups is 1. The lowest BCUT2D eigenvalue weighted by atomic mass is 9.85. The molecule has 1 aliphatic rings. The number of hydrogen-bond donors (Lipinski definition) is 0. The molecular weight excluding hydrogens is 356 g/mol. The first-order valence-corrected chi connectivity index (χ1v) is 11.2. The maximum Gasteiger partial charge on any atom is 0.182 e. The van der Waals surface area contributed by atoms with E-state index in [1.165, 1.54) is 6.42 Å². The second kappa shape index (κ2) is 8.66. The van der Waals surface area contributed by atoms with E-state index in [1.54, 1.807) is 36.4 Å². The minimum absolute atomic E-state index is 0.0265. The molecule has 0 aromatic heterocycles. The van der Waals surface area contributed by atoms with Crippen LogP contribution >= 0.6 is 0 Å². The highest BCUT2D eigenvalue weighted by Crippen LogP contribution is 2.27. The summed E-state index contributed by atoms with van der Waals surface area (Å²) in [6, 6.07) is 16.1. The van der Waals surface area contributed by atoms with Gasteiger partial charge in [0.05, 0.1) is 10.6 Å². The van der Waals surface area contributed by atoms with Gasteiger partial charge in [0, 0.05) is 5.92 Å². The highest BCUT2D eigenvalue weighted by molar-refractivity contribution is 7.91. The van der Waals surface area contributed by atoms with Gasteiger partial charge in [-0.1, -0.05) is 67.3 Å². The summed E-state index contributed by atoms with van der Waals surface area (Å²) in [6.45, 7) is 1.99. The Morgan fingerprint density at radius 3 is 2.22 bits per heavy atom. The minimum Gasteiger partial charge on any atom is -0.295 e. The van der Waals surface area contributed by atoms with Crippen LogP contribution < -0.4 is 0 Å². The van der Waals surface area contributed by atoms with E-state index in [-0.39, 0.29) is 22.3 Å². The fourth-order valence-corrected chi connectivity index (χ4v) is 4.97. The number of allylic oxidation sites excluding steroid dienone is 1. The molecule has 0 heterocycles. The number of rotatable bonds is 6. The van der Waals surface area contributed by atoms with E-state index in [2.05, 4.69) is 0 Å². The van der Waals surface area contributed by atoms with Gasteiger partial charge in [-0.2, -0.15) is 0 Å². The van der Waals surface area contributed by atoms with Crippen LogP contribution in [0, 0.1) is 12.8 Å². The summed E-state index contributed by atoms with van der Waals surface area (Å²) in [4.78, 5) is 13.1. The van der Waals surface area contributed by atoms with E-state index in [4.69, 9.17) is 0 Å². The first-order valence-electron chi connectivity index (χ1n) is 9.55. The molecule has 1 saturated carbocycles. The van der Waals surface area contributed by atoms with E-state index in [0.717, 1.165) is 36.8 Å². The third-order valence-electron chi connectivity index (χ3n) is 5.19. The van der Waals surface area contributed by atoms with Crippen molar-refractivity contribution in [3.05, 3.63) is 71.8 Å². The van der Waals surface area contributed by atoms with Gasteiger partial charge < -0.3 is 0 Å². The zero-order valence-electron chi connectivity index (χ0n) is 15.7. The van der Waals surface area contributed by atoms with Crippen LogP contribution in [0.15, 0.2) is 65.6 Å². The molecule has 3 rings (SSSR count). The first-order chi connectivity index (χ1) is 13.0. The summed E-state index contributed by atoms with van der Waals surface area (Å²) in [7, 11) is -3.51. The average molecular weight is 383 g/mol. The van der Waals surface area contributed by atoms with Gasteiger partial charge in [0.1, 0.15) is 0 Å². The van der Waals surface area contributed by atoms with E-state index in [1.807, 2.05) is 31.2 Å². The Hall–Kier alpha value is -2.20. The topological polar surface area (TPSA) is 51.2 Å². The molecule has 0 amide bonds. The number of carbonyl (C=O) groups excluding carboxylic acids is 1. The number of hydrogen-bond acceptors (Lipinski definition) is 3. The molecule has 0 spiro atoms. The van der Waals surface area contributed by atoms with Gasteiger partial charge in [-0.25, -0.2) is 8.42 Å². The van der Waals surface area contributed by atoms with Crippen LogP contribution in [0.1, 0.15) is 43.2 Å². The molecule has 0 aliphatic heterocycles. The molecule has 0 bridgehead atoms. The average Bonchev–Trinajstić information content (AvgIpc) is 2.69. The Morgan fingerprint density at radius 2 is 1.59 bits per heavy atom. The van der Waals surface area contributed by atoms with Gasteiger partial charge in [0.25, 0.3) is 0 Å². The lowest BCUT2D eigenvalue weighted by Gasteiger charge is -2.19. The Morgan fingerprint density at radius 1 is 0.963 bits per heavy atom. The van der Waals surface area contributed by atoms with Gasteiger partial charge in [0.2, 0.25) is 0 Å². The molecule has 0 unspecified atom stereocenters. The lowest BCUT2D eigenvalue weighted by Crippen LogP contribution is -2.17. The molecule has 1 aliphatic carbocycles. The summed E-state index contributed by atoms with van der Waals surface area (Å²) < 4.78 is 25.8. The largest absolute Gasteiger partial charge is 0.295 e. The van der Waals surface area contributed by atoms with Crippen LogP contribution in [-0.4, -0.2) is 20.0 Å². The lowest BCUT2D eigenvalue weighted by molar-refractivity contribution is -0.119. The van der Waals surface area contributed by atoms with E-state index < -0.39 is 9.84 Å². The van der Waals surface area contributed by atoms with Gasteiger partial charge in [-0.05, 0) is 49.1 Å². The van der Waals surface area contributed by atoms with Crippen molar-refractivity contribution in [3.63, 3.8) is 0 Å². The van der Waals surface area contributed by atoms with Crippen LogP contribution in [0.5, 0.6) is 0 Å². The zero-order valence-corrected chi connectivity index (χ0v) is 16.5. The first kappa shape index (κ1) is 19.6. The smallest absolute Gasteiger partial charge is 0.182 e. The number of sulfone groups is 1. The van der Waals surface area contributed by atoms with Gasteiger partial charge in [-0.3, -0.25) is 4.79 Å². The molecule has 0 saturated heterocycles. The molecule has 3 nitrogen and oxygen atoms in total. The minimum atomic E-state index is -3.51. The molecule has 1 fully saturated rings. The third kappa shape index (κ3) is 5.16. The predicted octanol–water partition coefficient (Wildman–Crippen LogP) is 5.00. The highest BCUT2D eigenvalue weighted by Gasteiger charge is 2.23. The highest BCUT2D eigenvalue weighted by atomic mass is 32.2. The van der Waals surface area contributed by atoms with Crippen LogP contribution in [0.2, 0.25) is 0 Å². The second-order valence-corrected chi connectivity index (χ2v) is 9.33. The predicted molar refractivity (Wildman–Crippen MR) is 109 cm³/mol. The molecule has 2 aromatic rings. The summed E-state index contributed by atoms with van der Waals surface area (Å²) in [6.07, 6.45) is 6.73. The van der Waals surface area contributed by atoms with Crippen LogP contribution in [0.3, 0.4) is 0 Å². The molecular formula is C23H26O3S. The Labute approximate surface area is 162 Å². The van der Waals surface area contributed by atoms with Gasteiger partial charge in [0.15, 0.2) is 15.6 Å². The number of ketones is 1. The maximum atomic E-state index is 12.9. The molecule has 27 heavy (non-hydrogen) atoms. The molecule has 0 atom stereocenters. The monoisotopic (exact) mass is 382 g/mol. The number of benzene rings is 2. The van der Waals surface area contributed by atoms with Crippen LogP contribution in [0.25, 0.3) is 5.57 Å². The normalized spacial score (nSPS) is 16.3. The van der Waals surface area contributed by atoms with E-state index >= 15 is 0 Å². The Kier molecular flexibility index (Phi) is 6.27. The fraction of sp³-hybridized carbons (Fsp3) is 0.348. The molecule has 2 aromatic carbocycles. The second-order valence-electron chi connectivity index (χ2n) is 7.35. The maximum absolute atomic E-state index is 12.9. The van der Waals surface area contributed by atoms with E-state index in [9.17, 15) is 13.2 Å². The molecule has 0 N–H and O–H groups in total. The summed E-state index contributed by atoms with van der Waals surface area (Å²) >= 11 is 0. The molecule has 142 valence electrons. The van der Waals surface area contributed by atoms with Crippen molar-refractivity contribution in [1.29, 1.82) is 0 Å². The van der Waals surface area contributed by atoms with Crippen molar-refractivity contribution in [2.24, 2.45) is 5.92 Å². The van der Waals surface area contributed by atoms with E-state index in [0.29, 0.717) is 5.57 Å². The zero-order chi connectivity index (χ0) is 19.3. The standard InChI is InChI=1S/C23H26O3S/c1-18-12-14-19(15-13-18)21(16-23(24)20-8-4-2-5-9-20)17-27(25,26)22-10-6-3-7-11-22/h3,6-7,10-16,20H,2,4-5,8-9,17H2,1H3/b21-16-. The quantitative estimate of drug-likeness (QED) is 0.661. The van der Waals surface area contributed by atoms with Crippen molar-refractivity contribution in [1.82, 2.24) is 0 Å². The van der Waals surface area contributed by atoms with Crippen molar-refractivity contribution < 1.29 is 13.2 Å². The summed E-state index contributed by atoms with van der Waals surface area (Å²) in [5, 5.41) is 0. The van der Waals surface area contributed by atoms with Crippen molar-refractivity contribution in [2.45, 2.75) is 43.9 Å². The van der Waals surface area contributed by atoms with Crippen molar-refractivity contribution >= 4 is 21.2 Å². The van der Waals surface area contributed by atoms with Gasteiger partial charge >= 0.3 is 0 Å². The van der Waals surface area contributed by atoms with Crippen molar-refractivity contribution in [3.8, 4) is 0 Å². The summed E-state index contributed by atoms with van der Waals surface area (Å²) in [5.74, 6) is -0.0782. The SMILES string of the molecule is Cc1ccc(/C(=C\C(=O)C2CCCCC2)CS(=O)(=O)c2ccccc2)cc1. The van der Waals surface area contributed by atoms with Crippen LogP contribution in [-0.2, 0) is 14.6 Å². The fourth-order valence-electron chi connectivity index (χ4n) is 3.57. The van der Waals surface area contributed by atoms with Gasteiger partial charge in [-0.15, -0.1) is 0 Å². The third-order valence-corrected chi connectivity index (χ3v) is 6.88. The Bertz CT molecular complexity index is 904. The Balaban J connectivity index is 1.93. The molecule has 0 radical (unpaired) electrons.